The molecule has 152 valence electrons. The van der Waals surface area contributed by atoms with Crippen LogP contribution in [-0.2, 0) is 5.41 Å². The average molecular weight is 400 g/mol. The average Bonchev–Trinajstić information content (AvgIpc) is 3.42. The van der Waals surface area contributed by atoms with Crippen LogP contribution < -0.4 is 4.74 Å². The molecule has 6 rings (SSSR count). The number of hydrogen-bond donors (Lipinski definition) is 2. The number of carbonyl (C=O) groups is 1. The lowest BCUT2D eigenvalue weighted by Crippen LogP contribution is -2.44. The fourth-order valence-electron chi connectivity index (χ4n) is 6.48. The minimum absolute atomic E-state index is 0.00633. The Hall–Kier alpha value is -2.69. The van der Waals surface area contributed by atoms with E-state index in [0.717, 1.165) is 29.2 Å². The van der Waals surface area contributed by atoms with Crippen LogP contribution in [0.3, 0.4) is 0 Å². The van der Waals surface area contributed by atoms with Crippen molar-refractivity contribution < 1.29 is 19.7 Å². The number of esters is 1. The van der Waals surface area contributed by atoms with E-state index in [1.165, 1.54) is 5.56 Å². The Morgan fingerprint density at radius 3 is 2.63 bits per heavy atom. The van der Waals surface area contributed by atoms with Crippen molar-refractivity contribution in [3.8, 4) is 5.75 Å². The summed E-state index contributed by atoms with van der Waals surface area (Å²) in [4.78, 5) is 12.4. The molecule has 30 heavy (non-hydrogen) atoms. The lowest BCUT2D eigenvalue weighted by atomic mass is 9.60. The summed E-state index contributed by atoms with van der Waals surface area (Å²) >= 11 is 0. The minimum atomic E-state index is -0.606. The smallest absolute Gasteiger partial charge is 0.343 e. The van der Waals surface area contributed by atoms with Gasteiger partial charge in [0.15, 0.2) is 0 Å². The van der Waals surface area contributed by atoms with E-state index >= 15 is 0 Å². The summed E-state index contributed by atoms with van der Waals surface area (Å²) in [7, 11) is 0. The predicted octanol–water partition coefficient (Wildman–Crippen LogP) is 4.52. The van der Waals surface area contributed by atoms with Crippen LogP contribution in [0.4, 0.5) is 0 Å². The van der Waals surface area contributed by atoms with Gasteiger partial charge in [0, 0.05) is 10.8 Å². The molecule has 4 heteroatoms. The molecule has 3 aliphatic carbocycles. The van der Waals surface area contributed by atoms with Crippen LogP contribution in [0.15, 0.2) is 60.7 Å². The van der Waals surface area contributed by atoms with E-state index in [0.29, 0.717) is 23.7 Å². The molecule has 2 fully saturated rings. The lowest BCUT2D eigenvalue weighted by Gasteiger charge is -2.45. The van der Waals surface area contributed by atoms with Crippen molar-refractivity contribution >= 4 is 16.7 Å². The van der Waals surface area contributed by atoms with Crippen LogP contribution in [0.1, 0.15) is 53.8 Å². The highest BCUT2D eigenvalue weighted by molar-refractivity contribution is 5.93. The van der Waals surface area contributed by atoms with Crippen LogP contribution >= 0.6 is 0 Å². The Kier molecular flexibility index (Phi) is 3.58. The first-order valence-corrected chi connectivity index (χ1v) is 10.6. The van der Waals surface area contributed by atoms with Gasteiger partial charge in [-0.3, -0.25) is 0 Å². The number of ether oxygens (including phenoxy) is 1. The maximum Gasteiger partial charge on any atom is 0.343 e. The molecular formula is C26H24O4. The molecule has 2 N–H and O–H groups in total. The molecule has 1 spiro atoms. The van der Waals surface area contributed by atoms with E-state index in [-0.39, 0.29) is 22.9 Å². The quantitative estimate of drug-likeness (QED) is 0.490. The topological polar surface area (TPSA) is 66.8 Å². The third-order valence-corrected chi connectivity index (χ3v) is 8.05. The van der Waals surface area contributed by atoms with Gasteiger partial charge in [0.2, 0.25) is 0 Å². The van der Waals surface area contributed by atoms with Gasteiger partial charge >= 0.3 is 5.97 Å². The Morgan fingerprint density at radius 1 is 1.03 bits per heavy atom. The van der Waals surface area contributed by atoms with Gasteiger partial charge in [-0.05, 0) is 71.3 Å². The molecule has 3 aromatic carbocycles. The normalized spacial score (nSPS) is 33.5. The van der Waals surface area contributed by atoms with Crippen molar-refractivity contribution in [3.05, 3.63) is 77.4 Å². The Bertz CT molecular complexity index is 1190. The van der Waals surface area contributed by atoms with Crippen molar-refractivity contribution in [2.45, 2.75) is 43.8 Å². The third-order valence-electron chi connectivity index (χ3n) is 8.05. The van der Waals surface area contributed by atoms with Crippen molar-refractivity contribution in [1.82, 2.24) is 0 Å². The number of carbonyl (C=O) groups excluding carboxylic acids is 1. The molecule has 3 aromatic rings. The third kappa shape index (κ3) is 2.21. The van der Waals surface area contributed by atoms with Crippen LogP contribution in [0.5, 0.6) is 5.75 Å². The molecular weight excluding hydrogens is 376 g/mol. The second kappa shape index (κ2) is 5.93. The summed E-state index contributed by atoms with van der Waals surface area (Å²) in [6.45, 7) is 2.15. The molecule has 0 aliphatic heterocycles. The lowest BCUT2D eigenvalue weighted by molar-refractivity contribution is -0.0191. The Balaban J connectivity index is 1.41. The summed E-state index contributed by atoms with van der Waals surface area (Å²) < 4.78 is 5.57. The van der Waals surface area contributed by atoms with Gasteiger partial charge in [-0.2, -0.15) is 0 Å². The largest absolute Gasteiger partial charge is 0.423 e. The second-order valence-electron chi connectivity index (χ2n) is 9.43. The van der Waals surface area contributed by atoms with Crippen LogP contribution in [-0.4, -0.2) is 22.3 Å². The van der Waals surface area contributed by atoms with Crippen LogP contribution in [0.2, 0.25) is 0 Å². The predicted molar refractivity (Wildman–Crippen MR) is 113 cm³/mol. The molecule has 0 radical (unpaired) electrons. The maximum absolute atomic E-state index is 12.4. The van der Waals surface area contributed by atoms with Crippen molar-refractivity contribution in [1.29, 1.82) is 0 Å². The van der Waals surface area contributed by atoms with E-state index in [1.807, 2.05) is 30.3 Å². The zero-order valence-corrected chi connectivity index (χ0v) is 16.8. The zero-order valence-electron chi connectivity index (χ0n) is 16.8. The summed E-state index contributed by atoms with van der Waals surface area (Å²) in [5.41, 5.74) is 2.43. The van der Waals surface area contributed by atoms with Crippen LogP contribution in [0, 0.1) is 11.3 Å². The van der Waals surface area contributed by atoms with Gasteiger partial charge in [0.1, 0.15) is 5.75 Å². The number of hydrogen-bond acceptors (Lipinski definition) is 4. The van der Waals surface area contributed by atoms with E-state index in [1.54, 1.807) is 18.2 Å². The number of aliphatic hydroxyl groups is 2. The van der Waals surface area contributed by atoms with Gasteiger partial charge in [-0.15, -0.1) is 0 Å². The number of aliphatic hydroxyl groups excluding tert-OH is 2. The van der Waals surface area contributed by atoms with Gasteiger partial charge in [-0.25, -0.2) is 4.79 Å². The molecule has 5 atom stereocenters. The number of benzene rings is 3. The first kappa shape index (κ1) is 18.1. The standard InChI is InChI=1S/C26H24O4/c1-25-14-21(27)23-19-9-8-18(30-24(29)15-5-3-2-4-6-15)11-16(19)7-10-20(23)26(25)13-17(26)12-22(25)28/h2-11,17,21-22,27-28H,12-14H2,1H3/t17-,21+,22+,25-,26+/m1/s1. The summed E-state index contributed by atoms with van der Waals surface area (Å²) in [6.07, 6.45) is 1.55. The highest BCUT2D eigenvalue weighted by Gasteiger charge is 2.74. The molecule has 2 saturated carbocycles. The minimum Gasteiger partial charge on any atom is -0.423 e. The molecule has 0 heterocycles. The summed E-state index contributed by atoms with van der Waals surface area (Å²) in [5.74, 6) is 0.612. The SMILES string of the molecule is C[C@]12C[C@H](O)c3c(ccc4cc(OC(=O)c5ccccc5)ccc34)[C@@]13C[C@H]3C[C@@H]2O. The Morgan fingerprint density at radius 2 is 1.83 bits per heavy atom. The maximum atomic E-state index is 12.4. The van der Waals surface area contributed by atoms with E-state index in [4.69, 9.17) is 4.74 Å². The molecule has 4 nitrogen and oxygen atoms in total. The molecule has 0 aromatic heterocycles. The summed E-state index contributed by atoms with van der Waals surface area (Å²) in [6, 6.07) is 18.7. The molecule has 3 aliphatic rings. The molecule has 0 unspecified atom stereocenters. The zero-order chi connectivity index (χ0) is 20.7. The highest BCUT2D eigenvalue weighted by atomic mass is 16.5. The van der Waals surface area contributed by atoms with Crippen molar-refractivity contribution in [3.63, 3.8) is 0 Å². The highest BCUT2D eigenvalue weighted by Crippen LogP contribution is 2.77. The van der Waals surface area contributed by atoms with Gasteiger partial charge < -0.3 is 14.9 Å². The van der Waals surface area contributed by atoms with Crippen molar-refractivity contribution in [2.24, 2.45) is 11.3 Å². The van der Waals surface area contributed by atoms with Crippen molar-refractivity contribution in [2.75, 3.05) is 0 Å². The first-order chi connectivity index (χ1) is 14.4. The van der Waals surface area contributed by atoms with Crippen LogP contribution in [0.25, 0.3) is 10.8 Å². The van der Waals surface area contributed by atoms with Gasteiger partial charge in [0.05, 0.1) is 17.8 Å². The summed E-state index contributed by atoms with van der Waals surface area (Å²) in [5, 5.41) is 23.7. The van der Waals surface area contributed by atoms with E-state index < -0.39 is 6.10 Å². The van der Waals surface area contributed by atoms with Gasteiger partial charge in [-0.1, -0.05) is 43.3 Å². The van der Waals surface area contributed by atoms with E-state index in [9.17, 15) is 15.0 Å². The van der Waals surface area contributed by atoms with Gasteiger partial charge in [0.25, 0.3) is 0 Å². The fourth-order valence-corrected chi connectivity index (χ4v) is 6.48. The first-order valence-electron chi connectivity index (χ1n) is 10.6. The molecule has 0 bridgehead atoms. The number of rotatable bonds is 2. The second-order valence-corrected chi connectivity index (χ2v) is 9.43. The fraction of sp³-hybridized carbons (Fsp3) is 0.346. The number of fused-ring (bicyclic) bond motifs is 3. The van der Waals surface area contributed by atoms with E-state index in [2.05, 4.69) is 19.1 Å². The molecule has 0 saturated heterocycles. The monoisotopic (exact) mass is 400 g/mol. The Labute approximate surface area is 175 Å². The molecule has 0 amide bonds.